The minimum Gasteiger partial charge on any atom is -0.284 e. The number of nitrogens with zero attached hydrogens (tertiary/aromatic N) is 2. The van der Waals surface area contributed by atoms with Gasteiger partial charge in [0.1, 0.15) is 5.82 Å². The van der Waals surface area contributed by atoms with Crippen molar-refractivity contribution in [3.05, 3.63) is 64.4 Å². The largest absolute Gasteiger partial charge is 0.284 e. The zero-order valence-corrected chi connectivity index (χ0v) is 16.9. The van der Waals surface area contributed by atoms with Crippen molar-refractivity contribution in [1.82, 2.24) is 5.01 Å². The standard InChI is InChI=1S/C19H19ClFN3O3S/c1-3-28(26,27)23-14-7-4-6-13(10-14)17-11-18(24(22-17)12(2)25)19-15(20)8-5-9-16(19)21/h4-10,18,23H,3,11H2,1-2H3. The molecule has 0 saturated heterocycles. The lowest BCUT2D eigenvalue weighted by Crippen LogP contribution is -2.25. The number of hydrogen-bond acceptors (Lipinski definition) is 4. The van der Waals surface area contributed by atoms with E-state index in [1.807, 2.05) is 0 Å². The Labute approximate surface area is 168 Å². The predicted octanol–water partition coefficient (Wildman–Crippen LogP) is 3.94. The van der Waals surface area contributed by atoms with E-state index in [1.165, 1.54) is 24.1 Å². The minimum absolute atomic E-state index is 0.0514. The summed E-state index contributed by atoms with van der Waals surface area (Å²) in [7, 11) is -3.42. The first-order chi connectivity index (χ1) is 13.2. The summed E-state index contributed by atoms with van der Waals surface area (Å²) in [5.74, 6) is -0.906. The predicted molar refractivity (Wildman–Crippen MR) is 107 cm³/mol. The lowest BCUT2D eigenvalue weighted by molar-refractivity contribution is -0.130. The van der Waals surface area contributed by atoms with Crippen molar-refractivity contribution in [2.75, 3.05) is 10.5 Å². The highest BCUT2D eigenvalue weighted by atomic mass is 35.5. The molecule has 1 aliphatic heterocycles. The molecule has 6 nitrogen and oxygen atoms in total. The summed E-state index contributed by atoms with van der Waals surface area (Å²) < 4.78 is 40.5. The van der Waals surface area contributed by atoms with Gasteiger partial charge in [0.15, 0.2) is 0 Å². The van der Waals surface area contributed by atoms with Crippen LogP contribution in [0.2, 0.25) is 5.02 Å². The van der Waals surface area contributed by atoms with Gasteiger partial charge in [0.05, 0.1) is 17.5 Å². The molecule has 2 aromatic carbocycles. The van der Waals surface area contributed by atoms with E-state index in [4.69, 9.17) is 11.6 Å². The number of halogens is 2. The van der Waals surface area contributed by atoms with E-state index in [9.17, 15) is 17.6 Å². The Hall–Kier alpha value is -2.45. The van der Waals surface area contributed by atoms with E-state index >= 15 is 0 Å². The molecule has 0 aromatic heterocycles. The van der Waals surface area contributed by atoms with Gasteiger partial charge in [-0.25, -0.2) is 17.8 Å². The molecule has 1 heterocycles. The Morgan fingerprint density at radius 3 is 2.68 bits per heavy atom. The van der Waals surface area contributed by atoms with Crippen LogP contribution in [0.1, 0.15) is 37.4 Å². The topological polar surface area (TPSA) is 78.8 Å². The number of carbonyl (C=O) groups excluding carboxylic acids is 1. The van der Waals surface area contributed by atoms with Crippen LogP contribution in [0.15, 0.2) is 47.6 Å². The normalized spacial score (nSPS) is 16.8. The van der Waals surface area contributed by atoms with Gasteiger partial charge < -0.3 is 0 Å². The van der Waals surface area contributed by atoms with E-state index in [1.54, 1.807) is 37.3 Å². The molecule has 1 unspecified atom stereocenters. The van der Waals surface area contributed by atoms with Gasteiger partial charge in [-0.3, -0.25) is 9.52 Å². The van der Waals surface area contributed by atoms with E-state index in [0.29, 0.717) is 17.0 Å². The summed E-state index contributed by atoms with van der Waals surface area (Å²) in [5, 5.41) is 5.78. The SMILES string of the molecule is CCS(=O)(=O)Nc1cccc(C2=NN(C(C)=O)C(c3c(F)cccc3Cl)C2)c1. The molecule has 2 aromatic rings. The minimum atomic E-state index is -3.42. The molecule has 3 rings (SSSR count). The van der Waals surface area contributed by atoms with Gasteiger partial charge in [-0.2, -0.15) is 5.10 Å². The molecule has 1 atom stereocenters. The van der Waals surface area contributed by atoms with Gasteiger partial charge >= 0.3 is 0 Å². The van der Waals surface area contributed by atoms with Crippen LogP contribution in [-0.4, -0.2) is 30.8 Å². The maximum Gasteiger partial charge on any atom is 0.240 e. The van der Waals surface area contributed by atoms with Crippen molar-refractivity contribution in [1.29, 1.82) is 0 Å². The Bertz CT molecular complexity index is 1040. The molecule has 0 radical (unpaired) electrons. The first-order valence-electron chi connectivity index (χ1n) is 8.64. The monoisotopic (exact) mass is 423 g/mol. The number of amides is 1. The van der Waals surface area contributed by atoms with Crippen LogP contribution in [0.3, 0.4) is 0 Å². The van der Waals surface area contributed by atoms with Gasteiger partial charge in [-0.1, -0.05) is 29.8 Å². The molecule has 0 saturated carbocycles. The van der Waals surface area contributed by atoms with E-state index in [2.05, 4.69) is 9.82 Å². The van der Waals surface area contributed by atoms with Crippen molar-refractivity contribution in [3.8, 4) is 0 Å². The number of hydrazone groups is 1. The van der Waals surface area contributed by atoms with Crippen molar-refractivity contribution in [3.63, 3.8) is 0 Å². The van der Waals surface area contributed by atoms with Crippen LogP contribution in [0.4, 0.5) is 10.1 Å². The summed E-state index contributed by atoms with van der Waals surface area (Å²) in [6.07, 6.45) is 0.254. The quantitative estimate of drug-likeness (QED) is 0.791. The smallest absolute Gasteiger partial charge is 0.240 e. The number of rotatable bonds is 5. The van der Waals surface area contributed by atoms with E-state index in [-0.39, 0.29) is 28.7 Å². The Balaban J connectivity index is 1.96. The number of nitrogens with one attached hydrogen (secondary N) is 1. The highest BCUT2D eigenvalue weighted by Gasteiger charge is 2.34. The number of carbonyl (C=O) groups is 1. The molecule has 28 heavy (non-hydrogen) atoms. The first kappa shape index (κ1) is 20.3. The van der Waals surface area contributed by atoms with Crippen LogP contribution in [0.5, 0.6) is 0 Å². The highest BCUT2D eigenvalue weighted by Crippen LogP contribution is 2.38. The summed E-state index contributed by atoms with van der Waals surface area (Å²) in [6, 6.07) is 10.4. The molecule has 0 aliphatic carbocycles. The Morgan fingerprint density at radius 2 is 2.04 bits per heavy atom. The van der Waals surface area contributed by atoms with Gasteiger partial charge in [-0.05, 0) is 36.8 Å². The molecule has 148 valence electrons. The van der Waals surface area contributed by atoms with Crippen molar-refractivity contribution < 1.29 is 17.6 Å². The van der Waals surface area contributed by atoms with E-state index < -0.39 is 21.9 Å². The molecule has 0 spiro atoms. The number of benzene rings is 2. The van der Waals surface area contributed by atoms with Crippen LogP contribution < -0.4 is 4.72 Å². The van der Waals surface area contributed by atoms with Crippen molar-refractivity contribution >= 4 is 38.9 Å². The first-order valence-corrected chi connectivity index (χ1v) is 10.7. The second-order valence-corrected chi connectivity index (χ2v) is 8.77. The molecular weight excluding hydrogens is 405 g/mol. The lowest BCUT2D eigenvalue weighted by Gasteiger charge is -2.21. The molecule has 1 amide bonds. The fraction of sp³-hybridized carbons (Fsp3) is 0.263. The zero-order chi connectivity index (χ0) is 20.5. The van der Waals surface area contributed by atoms with Crippen LogP contribution in [-0.2, 0) is 14.8 Å². The van der Waals surface area contributed by atoms with Crippen molar-refractivity contribution in [2.45, 2.75) is 26.3 Å². The van der Waals surface area contributed by atoms with Gasteiger partial charge in [0, 0.05) is 29.6 Å². The third-order valence-corrected chi connectivity index (χ3v) is 6.05. The van der Waals surface area contributed by atoms with Crippen LogP contribution in [0.25, 0.3) is 0 Å². The van der Waals surface area contributed by atoms with E-state index in [0.717, 1.165) is 0 Å². The number of hydrogen-bond donors (Lipinski definition) is 1. The summed E-state index contributed by atoms with van der Waals surface area (Å²) in [5.41, 5.74) is 1.78. The second-order valence-electron chi connectivity index (χ2n) is 6.35. The third kappa shape index (κ3) is 4.18. The summed E-state index contributed by atoms with van der Waals surface area (Å²) >= 11 is 6.18. The molecule has 9 heteroatoms. The molecule has 1 aliphatic rings. The lowest BCUT2D eigenvalue weighted by atomic mass is 9.97. The fourth-order valence-electron chi connectivity index (χ4n) is 3.04. The maximum atomic E-state index is 14.4. The number of anilines is 1. The Morgan fingerprint density at radius 1 is 1.32 bits per heavy atom. The van der Waals surface area contributed by atoms with Gasteiger partial charge in [-0.15, -0.1) is 0 Å². The van der Waals surface area contributed by atoms with Crippen LogP contribution >= 0.6 is 11.6 Å². The van der Waals surface area contributed by atoms with Gasteiger partial charge in [0.25, 0.3) is 0 Å². The van der Waals surface area contributed by atoms with Crippen LogP contribution in [0, 0.1) is 5.82 Å². The Kier molecular flexibility index (Phi) is 5.71. The molecule has 0 bridgehead atoms. The second kappa shape index (κ2) is 7.89. The average Bonchev–Trinajstić information content (AvgIpc) is 3.07. The third-order valence-electron chi connectivity index (χ3n) is 4.42. The van der Waals surface area contributed by atoms with Gasteiger partial charge in [0.2, 0.25) is 15.9 Å². The average molecular weight is 424 g/mol. The summed E-state index contributed by atoms with van der Waals surface area (Å²) in [4.78, 5) is 12.1. The highest BCUT2D eigenvalue weighted by molar-refractivity contribution is 7.92. The molecule has 1 N–H and O–H groups in total. The molecule has 0 fully saturated rings. The summed E-state index contributed by atoms with van der Waals surface area (Å²) in [6.45, 7) is 2.89. The number of sulfonamides is 1. The van der Waals surface area contributed by atoms with Crippen molar-refractivity contribution in [2.24, 2.45) is 5.10 Å². The molecular formula is C19H19ClFN3O3S. The maximum absolute atomic E-state index is 14.4. The zero-order valence-electron chi connectivity index (χ0n) is 15.3. The fourth-order valence-corrected chi connectivity index (χ4v) is 3.96.